The second kappa shape index (κ2) is 4.77. The van der Waals surface area contributed by atoms with Crippen LogP contribution in [0, 0.1) is 5.82 Å². The van der Waals surface area contributed by atoms with Gasteiger partial charge in [-0.25, -0.2) is 9.37 Å². The van der Waals surface area contributed by atoms with Crippen LogP contribution >= 0.6 is 23.2 Å². The summed E-state index contributed by atoms with van der Waals surface area (Å²) in [6.07, 6.45) is 1.40. The predicted molar refractivity (Wildman–Crippen MR) is 65.1 cm³/mol. The third kappa shape index (κ3) is 2.78. The van der Waals surface area contributed by atoms with Crippen LogP contribution in [0.5, 0.6) is 11.6 Å². The molecule has 17 heavy (non-hydrogen) atoms. The van der Waals surface area contributed by atoms with E-state index in [4.69, 9.17) is 33.7 Å². The quantitative estimate of drug-likeness (QED) is 0.902. The Kier molecular flexibility index (Phi) is 3.36. The summed E-state index contributed by atoms with van der Waals surface area (Å²) in [5.41, 5.74) is 5.91. The molecule has 0 fully saturated rings. The SMILES string of the molecule is Nc1cnc(Oc2ccc(Cl)c(F)c2)c(Cl)c1. The molecule has 6 heteroatoms. The molecule has 0 aliphatic carbocycles. The standard InChI is InChI=1S/C11H7Cl2FN2O/c12-8-2-1-7(4-10(8)14)17-11-9(13)3-6(15)5-16-11/h1-5H,15H2. The van der Waals surface area contributed by atoms with Gasteiger partial charge in [0.25, 0.3) is 0 Å². The fourth-order valence-corrected chi connectivity index (χ4v) is 1.50. The third-order valence-electron chi connectivity index (χ3n) is 1.93. The molecule has 0 radical (unpaired) electrons. The molecule has 0 unspecified atom stereocenters. The summed E-state index contributed by atoms with van der Waals surface area (Å²) in [4.78, 5) is 3.89. The Balaban J connectivity index is 2.28. The summed E-state index contributed by atoms with van der Waals surface area (Å²) in [6, 6.07) is 5.55. The van der Waals surface area contributed by atoms with Gasteiger partial charge in [0.15, 0.2) is 0 Å². The Morgan fingerprint density at radius 2 is 1.94 bits per heavy atom. The maximum absolute atomic E-state index is 13.2. The Morgan fingerprint density at radius 1 is 1.18 bits per heavy atom. The van der Waals surface area contributed by atoms with Crippen molar-refractivity contribution in [3.05, 3.63) is 46.3 Å². The van der Waals surface area contributed by atoms with Crippen LogP contribution in [0.2, 0.25) is 10.0 Å². The van der Waals surface area contributed by atoms with Crippen LogP contribution in [0.25, 0.3) is 0 Å². The van der Waals surface area contributed by atoms with E-state index in [9.17, 15) is 4.39 Å². The average molecular weight is 273 g/mol. The molecule has 2 aromatic rings. The van der Waals surface area contributed by atoms with Gasteiger partial charge in [0.1, 0.15) is 16.6 Å². The first kappa shape index (κ1) is 12.0. The molecule has 1 heterocycles. The lowest BCUT2D eigenvalue weighted by Crippen LogP contribution is -1.92. The number of nitrogen functional groups attached to an aromatic ring is 1. The van der Waals surface area contributed by atoms with Crippen LogP contribution in [-0.4, -0.2) is 4.98 Å². The third-order valence-corrected chi connectivity index (χ3v) is 2.51. The van der Waals surface area contributed by atoms with Crippen molar-refractivity contribution in [3.8, 4) is 11.6 Å². The zero-order chi connectivity index (χ0) is 12.4. The number of nitrogens with zero attached hydrogens (tertiary/aromatic N) is 1. The van der Waals surface area contributed by atoms with E-state index in [0.29, 0.717) is 5.69 Å². The number of anilines is 1. The van der Waals surface area contributed by atoms with Crippen molar-refractivity contribution in [1.82, 2.24) is 4.98 Å². The van der Waals surface area contributed by atoms with Crippen LogP contribution in [-0.2, 0) is 0 Å². The highest BCUT2D eigenvalue weighted by molar-refractivity contribution is 6.32. The highest BCUT2D eigenvalue weighted by Crippen LogP contribution is 2.29. The first-order valence-electron chi connectivity index (χ1n) is 4.60. The highest BCUT2D eigenvalue weighted by Gasteiger charge is 2.07. The number of pyridine rings is 1. The van der Waals surface area contributed by atoms with Gasteiger partial charge in [0.05, 0.1) is 16.9 Å². The van der Waals surface area contributed by atoms with Crippen molar-refractivity contribution < 1.29 is 9.13 Å². The molecule has 1 aromatic carbocycles. The Labute approximate surface area is 107 Å². The van der Waals surface area contributed by atoms with E-state index in [1.165, 1.54) is 24.4 Å². The molecule has 0 aliphatic heterocycles. The van der Waals surface area contributed by atoms with Crippen LogP contribution in [0.4, 0.5) is 10.1 Å². The maximum atomic E-state index is 13.2. The lowest BCUT2D eigenvalue weighted by Gasteiger charge is -2.07. The second-order valence-electron chi connectivity index (χ2n) is 3.23. The van der Waals surface area contributed by atoms with Crippen molar-refractivity contribution in [1.29, 1.82) is 0 Å². The lowest BCUT2D eigenvalue weighted by molar-refractivity contribution is 0.458. The van der Waals surface area contributed by atoms with Crippen LogP contribution in [0.15, 0.2) is 30.5 Å². The monoisotopic (exact) mass is 272 g/mol. The fourth-order valence-electron chi connectivity index (χ4n) is 1.17. The summed E-state index contributed by atoms with van der Waals surface area (Å²) in [5, 5.41) is 0.272. The van der Waals surface area contributed by atoms with Crippen molar-refractivity contribution in [2.24, 2.45) is 0 Å². The Hall–Kier alpha value is -1.52. The van der Waals surface area contributed by atoms with Gasteiger partial charge < -0.3 is 10.5 Å². The van der Waals surface area contributed by atoms with Crippen molar-refractivity contribution in [2.75, 3.05) is 5.73 Å². The van der Waals surface area contributed by atoms with Crippen LogP contribution < -0.4 is 10.5 Å². The summed E-state index contributed by atoms with van der Waals surface area (Å²) in [6.45, 7) is 0. The first-order valence-corrected chi connectivity index (χ1v) is 5.36. The smallest absolute Gasteiger partial charge is 0.238 e. The van der Waals surface area contributed by atoms with Gasteiger partial charge >= 0.3 is 0 Å². The largest absolute Gasteiger partial charge is 0.437 e. The van der Waals surface area contributed by atoms with Crippen LogP contribution in [0.1, 0.15) is 0 Å². The zero-order valence-corrected chi connectivity index (χ0v) is 9.97. The molecular weight excluding hydrogens is 266 g/mol. The summed E-state index contributed by atoms with van der Waals surface area (Å²) in [5.74, 6) is -0.163. The first-order chi connectivity index (χ1) is 8.06. The van der Waals surface area contributed by atoms with E-state index < -0.39 is 5.82 Å². The molecule has 1 aromatic heterocycles. The average Bonchev–Trinajstić information content (AvgIpc) is 2.27. The van der Waals surface area contributed by atoms with Gasteiger partial charge in [-0.3, -0.25) is 0 Å². The maximum Gasteiger partial charge on any atom is 0.238 e. The molecule has 0 saturated heterocycles. The molecule has 2 rings (SSSR count). The number of benzene rings is 1. The van der Waals surface area contributed by atoms with Crippen molar-refractivity contribution in [2.45, 2.75) is 0 Å². The predicted octanol–water partition coefficient (Wildman–Crippen LogP) is 3.90. The normalized spacial score (nSPS) is 10.3. The minimum absolute atomic E-state index is 0.0220. The fraction of sp³-hybridized carbons (Fsp3) is 0. The number of aromatic nitrogens is 1. The molecule has 0 spiro atoms. The van der Waals surface area contributed by atoms with Crippen molar-refractivity contribution >= 4 is 28.9 Å². The van der Waals surface area contributed by atoms with Gasteiger partial charge in [-0.15, -0.1) is 0 Å². The highest BCUT2D eigenvalue weighted by atomic mass is 35.5. The molecule has 3 nitrogen and oxygen atoms in total. The van der Waals surface area contributed by atoms with Gasteiger partial charge in [0, 0.05) is 6.07 Å². The van der Waals surface area contributed by atoms with Gasteiger partial charge in [-0.1, -0.05) is 23.2 Å². The Morgan fingerprint density at radius 3 is 2.59 bits per heavy atom. The summed E-state index contributed by atoms with van der Waals surface area (Å²) >= 11 is 11.4. The van der Waals surface area contributed by atoms with Crippen LogP contribution in [0.3, 0.4) is 0 Å². The summed E-state index contributed by atoms with van der Waals surface area (Å²) in [7, 11) is 0. The van der Waals surface area contributed by atoms with E-state index in [1.54, 1.807) is 0 Å². The topological polar surface area (TPSA) is 48.1 Å². The van der Waals surface area contributed by atoms with Gasteiger partial charge in [0.2, 0.25) is 5.88 Å². The molecular formula is C11H7Cl2FN2O. The van der Waals surface area contributed by atoms with Gasteiger partial charge in [-0.05, 0) is 18.2 Å². The zero-order valence-electron chi connectivity index (χ0n) is 8.45. The number of hydrogen-bond donors (Lipinski definition) is 1. The molecule has 0 aliphatic rings. The number of ether oxygens (including phenoxy) is 1. The number of rotatable bonds is 2. The Bertz CT molecular complexity index is 563. The van der Waals surface area contributed by atoms with E-state index in [2.05, 4.69) is 4.98 Å². The minimum Gasteiger partial charge on any atom is -0.437 e. The van der Waals surface area contributed by atoms with Gasteiger partial charge in [-0.2, -0.15) is 0 Å². The number of nitrogens with two attached hydrogens (primary N) is 1. The number of hydrogen-bond acceptors (Lipinski definition) is 3. The molecule has 2 N–H and O–H groups in total. The van der Waals surface area contributed by atoms with E-state index in [1.807, 2.05) is 0 Å². The molecule has 0 saturated carbocycles. The summed E-state index contributed by atoms with van der Waals surface area (Å²) < 4.78 is 18.5. The molecule has 0 atom stereocenters. The van der Waals surface area contributed by atoms with Crippen molar-refractivity contribution in [3.63, 3.8) is 0 Å². The number of halogens is 3. The molecule has 88 valence electrons. The minimum atomic E-state index is -0.573. The lowest BCUT2D eigenvalue weighted by atomic mass is 10.3. The second-order valence-corrected chi connectivity index (χ2v) is 4.05. The van der Waals surface area contributed by atoms with E-state index in [-0.39, 0.29) is 21.7 Å². The molecule has 0 amide bonds. The van der Waals surface area contributed by atoms with E-state index >= 15 is 0 Å². The molecule has 0 bridgehead atoms. The van der Waals surface area contributed by atoms with E-state index in [0.717, 1.165) is 6.07 Å².